The van der Waals surface area contributed by atoms with E-state index in [9.17, 15) is 19.5 Å². The number of unbranched alkanes of at least 4 members (excludes halogenated alkanes) is 2. The first-order valence-electron chi connectivity index (χ1n) is 15.7. The highest BCUT2D eigenvalue weighted by atomic mass is 16.6. The van der Waals surface area contributed by atoms with E-state index in [0.717, 1.165) is 12.8 Å². The average molecular weight is 595 g/mol. The lowest BCUT2D eigenvalue weighted by Crippen LogP contribution is -2.61. The summed E-state index contributed by atoms with van der Waals surface area (Å²) in [6, 6.07) is 7.46. The number of aliphatic hydroxyl groups is 1. The molecule has 0 radical (unpaired) electrons. The van der Waals surface area contributed by atoms with Crippen molar-refractivity contribution in [3.8, 4) is 0 Å². The number of benzene rings is 1. The molecule has 0 aliphatic carbocycles. The summed E-state index contributed by atoms with van der Waals surface area (Å²) in [5.74, 6) is -2.71. The molecule has 1 spiro atoms. The van der Waals surface area contributed by atoms with Gasteiger partial charge in [-0.25, -0.2) is 0 Å². The predicted molar refractivity (Wildman–Crippen MR) is 166 cm³/mol. The Morgan fingerprint density at radius 1 is 1.16 bits per heavy atom. The van der Waals surface area contributed by atoms with Crippen molar-refractivity contribution in [1.29, 1.82) is 0 Å². The van der Waals surface area contributed by atoms with Gasteiger partial charge in [-0.3, -0.25) is 14.4 Å². The van der Waals surface area contributed by atoms with Gasteiger partial charge >= 0.3 is 5.97 Å². The fourth-order valence-corrected chi connectivity index (χ4v) is 7.97. The van der Waals surface area contributed by atoms with Crippen LogP contribution < -0.4 is 0 Å². The van der Waals surface area contributed by atoms with E-state index >= 15 is 0 Å². The molecule has 3 fully saturated rings. The second kappa shape index (κ2) is 12.9. The highest BCUT2D eigenvalue weighted by Crippen LogP contribution is 2.60. The SMILES string of the molecule is C=CCCCCOC(=O)[C@@H]1[C@@H]2CCC3(O2)C(C(=O)N(CC=C)C(C)(C)CC(C)(C)C)N([C@H](CO)c2ccccc2)C(=O)[C@H]13. The van der Waals surface area contributed by atoms with Gasteiger partial charge < -0.3 is 24.4 Å². The quantitative estimate of drug-likeness (QED) is 0.180. The van der Waals surface area contributed by atoms with Gasteiger partial charge in [0, 0.05) is 12.1 Å². The Kier molecular flexibility index (Phi) is 9.92. The van der Waals surface area contributed by atoms with Gasteiger partial charge in [0.15, 0.2) is 0 Å². The zero-order valence-corrected chi connectivity index (χ0v) is 26.6. The van der Waals surface area contributed by atoms with Crippen LogP contribution in [-0.2, 0) is 23.9 Å². The number of amides is 2. The summed E-state index contributed by atoms with van der Waals surface area (Å²) >= 11 is 0. The first-order chi connectivity index (χ1) is 20.3. The van der Waals surface area contributed by atoms with Crippen molar-refractivity contribution in [2.24, 2.45) is 17.3 Å². The minimum absolute atomic E-state index is 0.0737. The topological polar surface area (TPSA) is 96.4 Å². The molecule has 3 aliphatic rings. The van der Waals surface area contributed by atoms with Crippen LogP contribution in [0.1, 0.15) is 84.7 Å². The maximum atomic E-state index is 14.9. The van der Waals surface area contributed by atoms with Gasteiger partial charge in [0.05, 0.1) is 37.2 Å². The van der Waals surface area contributed by atoms with Gasteiger partial charge in [0.25, 0.3) is 0 Å². The lowest BCUT2D eigenvalue weighted by Gasteiger charge is -2.46. The molecule has 236 valence electrons. The number of hydrogen-bond acceptors (Lipinski definition) is 6. The van der Waals surface area contributed by atoms with E-state index in [0.29, 0.717) is 31.2 Å². The summed E-state index contributed by atoms with van der Waals surface area (Å²) < 4.78 is 12.3. The van der Waals surface area contributed by atoms with Crippen molar-refractivity contribution in [2.75, 3.05) is 19.8 Å². The Labute approximate surface area is 257 Å². The summed E-state index contributed by atoms with van der Waals surface area (Å²) in [7, 11) is 0. The minimum atomic E-state index is -1.19. The van der Waals surface area contributed by atoms with E-state index < -0.39 is 47.1 Å². The zero-order valence-electron chi connectivity index (χ0n) is 26.6. The zero-order chi connectivity index (χ0) is 31.6. The normalized spacial score (nSPS) is 27.1. The van der Waals surface area contributed by atoms with Crippen molar-refractivity contribution >= 4 is 17.8 Å². The predicted octanol–water partition coefficient (Wildman–Crippen LogP) is 5.22. The molecule has 2 amide bonds. The fourth-order valence-electron chi connectivity index (χ4n) is 7.97. The van der Waals surface area contributed by atoms with Crippen molar-refractivity contribution in [3.63, 3.8) is 0 Å². The van der Waals surface area contributed by atoms with Crippen LogP contribution in [0.3, 0.4) is 0 Å². The number of allylic oxidation sites excluding steroid dienone is 1. The van der Waals surface area contributed by atoms with Crippen LogP contribution in [0, 0.1) is 17.3 Å². The van der Waals surface area contributed by atoms with Gasteiger partial charge in [-0.05, 0) is 63.4 Å². The van der Waals surface area contributed by atoms with Gasteiger partial charge in [-0.15, -0.1) is 13.2 Å². The molecule has 0 aromatic heterocycles. The number of rotatable bonds is 14. The van der Waals surface area contributed by atoms with E-state index in [1.54, 1.807) is 11.0 Å². The monoisotopic (exact) mass is 594 g/mol. The molecule has 4 rings (SSSR count). The highest BCUT2D eigenvalue weighted by molar-refractivity contribution is 5.98. The minimum Gasteiger partial charge on any atom is -0.465 e. The number of carbonyl (C=O) groups excluding carboxylic acids is 3. The first-order valence-corrected chi connectivity index (χ1v) is 15.7. The molecule has 2 bridgehead atoms. The molecule has 1 N–H and O–H groups in total. The van der Waals surface area contributed by atoms with Gasteiger partial charge in [0.2, 0.25) is 11.8 Å². The van der Waals surface area contributed by atoms with Crippen LogP contribution >= 0.6 is 0 Å². The number of aliphatic hydroxyl groups excluding tert-OH is 1. The second-order valence-electron chi connectivity index (χ2n) is 14.1. The van der Waals surface area contributed by atoms with Crippen LogP contribution in [0.4, 0.5) is 0 Å². The molecule has 1 aromatic carbocycles. The summed E-state index contributed by atoms with van der Waals surface area (Å²) in [5.41, 5.74) is -1.12. The smallest absolute Gasteiger partial charge is 0.312 e. The molecule has 0 saturated carbocycles. The van der Waals surface area contributed by atoms with E-state index in [-0.39, 0.29) is 37.0 Å². The molecular weight excluding hydrogens is 544 g/mol. The Balaban J connectivity index is 1.77. The van der Waals surface area contributed by atoms with E-state index in [4.69, 9.17) is 9.47 Å². The van der Waals surface area contributed by atoms with E-state index in [1.807, 2.05) is 50.3 Å². The molecular formula is C35H50N2O6. The summed E-state index contributed by atoms with van der Waals surface area (Å²) in [6.07, 6.45) is 7.18. The Morgan fingerprint density at radius 2 is 1.86 bits per heavy atom. The highest BCUT2D eigenvalue weighted by Gasteiger charge is 2.76. The molecule has 3 heterocycles. The third kappa shape index (κ3) is 6.32. The van der Waals surface area contributed by atoms with Crippen LogP contribution in [0.2, 0.25) is 0 Å². The third-order valence-electron chi connectivity index (χ3n) is 9.26. The number of likely N-dealkylation sites (tertiary alicyclic amines) is 1. The molecule has 43 heavy (non-hydrogen) atoms. The maximum absolute atomic E-state index is 14.9. The molecule has 1 aromatic rings. The average Bonchev–Trinajstić information content (AvgIpc) is 3.58. The summed E-state index contributed by atoms with van der Waals surface area (Å²) in [5, 5.41) is 10.7. The number of fused-ring (bicyclic) bond motifs is 1. The third-order valence-corrected chi connectivity index (χ3v) is 9.26. The number of ether oxygens (including phenoxy) is 2. The number of hydrogen-bond donors (Lipinski definition) is 1. The first kappa shape index (κ1) is 32.9. The number of esters is 1. The van der Waals surface area contributed by atoms with Gasteiger partial charge in [-0.1, -0.05) is 63.3 Å². The second-order valence-corrected chi connectivity index (χ2v) is 14.1. The number of nitrogens with zero attached hydrogens (tertiary/aromatic N) is 2. The molecule has 2 unspecified atom stereocenters. The molecule has 8 heteroatoms. The van der Waals surface area contributed by atoms with Crippen LogP contribution in [-0.4, -0.2) is 75.7 Å². The lowest BCUT2D eigenvalue weighted by molar-refractivity contribution is -0.158. The molecule has 8 nitrogen and oxygen atoms in total. The Morgan fingerprint density at radius 3 is 2.47 bits per heavy atom. The maximum Gasteiger partial charge on any atom is 0.312 e. The van der Waals surface area contributed by atoms with E-state index in [2.05, 4.69) is 33.9 Å². The van der Waals surface area contributed by atoms with Gasteiger partial charge in [0.1, 0.15) is 11.6 Å². The Bertz CT molecular complexity index is 1190. The molecule has 6 atom stereocenters. The van der Waals surface area contributed by atoms with Gasteiger partial charge in [-0.2, -0.15) is 0 Å². The van der Waals surface area contributed by atoms with Crippen LogP contribution in [0.15, 0.2) is 55.6 Å². The molecule has 3 aliphatic heterocycles. The number of carbonyl (C=O) groups is 3. The van der Waals surface area contributed by atoms with Crippen molar-refractivity contribution in [1.82, 2.24) is 9.80 Å². The van der Waals surface area contributed by atoms with Crippen LogP contribution in [0.5, 0.6) is 0 Å². The van der Waals surface area contributed by atoms with Crippen LogP contribution in [0.25, 0.3) is 0 Å². The summed E-state index contributed by atoms with van der Waals surface area (Å²) in [4.78, 5) is 46.4. The van der Waals surface area contributed by atoms with E-state index in [1.165, 1.54) is 4.90 Å². The largest absolute Gasteiger partial charge is 0.465 e. The van der Waals surface area contributed by atoms with Crippen molar-refractivity contribution < 1.29 is 29.0 Å². The standard InChI is InChI=1S/C35H50N2O6/c1-8-10-11-15-21-42-32(41)27-26-18-19-35(43-26)28(27)30(39)37(25(22-38)24-16-13-12-14-17-24)29(35)31(40)36(20-9-2)34(6,7)23-33(3,4)5/h8-9,12-14,16-17,25-29,38H,1-2,10-11,15,18-23H2,3-7H3/t25-,26+,27-,28+,29?,35?/m1/s1. The molecule has 3 saturated heterocycles. The Hall–Kier alpha value is -2.97. The lowest BCUT2D eigenvalue weighted by atomic mass is 9.70. The van der Waals surface area contributed by atoms with Crippen molar-refractivity contribution in [2.45, 2.75) is 102 Å². The van der Waals surface area contributed by atoms with Crippen molar-refractivity contribution in [3.05, 3.63) is 61.2 Å². The fraction of sp³-hybridized carbons (Fsp3) is 0.629. The summed E-state index contributed by atoms with van der Waals surface area (Å²) in [6.45, 7) is 18.3.